The van der Waals surface area contributed by atoms with Gasteiger partial charge in [0.05, 0.1) is 25.3 Å². The number of pyridine rings is 2. The molecule has 3 aromatic rings. The quantitative estimate of drug-likeness (QED) is 0.533. The lowest BCUT2D eigenvalue weighted by Gasteiger charge is -2.25. The van der Waals surface area contributed by atoms with Crippen LogP contribution >= 0.6 is 0 Å². The van der Waals surface area contributed by atoms with E-state index in [-0.39, 0.29) is 23.6 Å². The zero-order valence-corrected chi connectivity index (χ0v) is 19.4. The number of fused-ring (bicyclic) bond motifs is 5. The minimum absolute atomic E-state index is 0.0972. The number of rotatable bonds is 6. The van der Waals surface area contributed by atoms with Crippen LogP contribution in [0, 0.1) is 5.92 Å². The average molecular weight is 460 g/mol. The van der Waals surface area contributed by atoms with E-state index in [0.29, 0.717) is 18.6 Å². The van der Waals surface area contributed by atoms with Gasteiger partial charge in [0.15, 0.2) is 0 Å². The number of anilines is 1. The molecule has 7 heteroatoms. The molecule has 1 aliphatic heterocycles. The minimum Gasteiger partial charge on any atom is -0.462 e. The lowest BCUT2D eigenvalue weighted by atomic mass is 9.85. The number of ether oxygens (including phenoxy) is 2. The van der Waals surface area contributed by atoms with Crippen LogP contribution in [0.25, 0.3) is 22.0 Å². The molecule has 1 N–H and O–H groups in total. The summed E-state index contributed by atoms with van der Waals surface area (Å²) < 4.78 is 13.4. The summed E-state index contributed by atoms with van der Waals surface area (Å²) in [4.78, 5) is 30.5. The van der Waals surface area contributed by atoms with Gasteiger partial charge in [-0.2, -0.15) is 0 Å². The fourth-order valence-electron chi connectivity index (χ4n) is 5.08. The average Bonchev–Trinajstić information content (AvgIpc) is 3.65. The summed E-state index contributed by atoms with van der Waals surface area (Å²) in [5, 5.41) is 4.02. The van der Waals surface area contributed by atoms with E-state index in [1.54, 1.807) is 13.1 Å². The van der Waals surface area contributed by atoms with E-state index in [9.17, 15) is 9.59 Å². The first-order chi connectivity index (χ1) is 16.6. The summed E-state index contributed by atoms with van der Waals surface area (Å²) in [6.07, 6.45) is 9.58. The molecule has 0 spiro atoms. The number of hydrogen-bond acceptors (Lipinski definition) is 6. The Morgan fingerprint density at radius 2 is 2.06 bits per heavy atom. The van der Waals surface area contributed by atoms with Crippen LogP contribution in [0.1, 0.15) is 66.6 Å². The van der Waals surface area contributed by atoms with Crippen LogP contribution in [0.3, 0.4) is 0 Å². The number of carbonyl (C=O) groups is 1. The van der Waals surface area contributed by atoms with Crippen molar-refractivity contribution in [1.82, 2.24) is 9.55 Å². The normalized spacial score (nSPS) is 17.4. The van der Waals surface area contributed by atoms with E-state index in [1.165, 1.54) is 19.3 Å². The fourth-order valence-corrected chi connectivity index (χ4v) is 5.08. The van der Waals surface area contributed by atoms with Gasteiger partial charge in [0, 0.05) is 41.5 Å². The number of carbonyl (C=O) groups excluding carboxylic acids is 1. The molecule has 7 nitrogen and oxygen atoms in total. The van der Waals surface area contributed by atoms with E-state index in [1.807, 2.05) is 18.3 Å². The summed E-state index contributed by atoms with van der Waals surface area (Å²) in [6, 6.07) is 6.19. The van der Waals surface area contributed by atoms with Crippen molar-refractivity contribution in [2.24, 2.45) is 5.92 Å². The molecule has 2 aromatic heterocycles. The molecule has 0 amide bonds. The molecule has 2 fully saturated rings. The van der Waals surface area contributed by atoms with Crippen LogP contribution in [0.2, 0.25) is 0 Å². The molecule has 0 bridgehead atoms. The van der Waals surface area contributed by atoms with Gasteiger partial charge >= 0.3 is 5.97 Å². The predicted octanol–water partition coefficient (Wildman–Crippen LogP) is 4.82. The topological polar surface area (TPSA) is 82.5 Å². The molecule has 0 saturated heterocycles. The molecular weight excluding hydrogens is 430 g/mol. The second-order valence-corrected chi connectivity index (χ2v) is 9.62. The minimum atomic E-state index is -0.563. The number of esters is 1. The van der Waals surface area contributed by atoms with Crippen LogP contribution in [-0.2, 0) is 22.7 Å². The van der Waals surface area contributed by atoms with E-state index in [0.717, 1.165) is 58.9 Å². The monoisotopic (exact) mass is 459 g/mol. The van der Waals surface area contributed by atoms with Gasteiger partial charge in [-0.05, 0) is 61.8 Å². The molecule has 0 unspecified atom stereocenters. The van der Waals surface area contributed by atoms with Crippen molar-refractivity contribution in [2.75, 3.05) is 18.5 Å². The Hall–Kier alpha value is -3.19. The van der Waals surface area contributed by atoms with Crippen LogP contribution in [0.15, 0.2) is 35.4 Å². The smallest absolute Gasteiger partial charge is 0.343 e. The van der Waals surface area contributed by atoms with E-state index in [4.69, 9.17) is 14.5 Å². The van der Waals surface area contributed by atoms with Gasteiger partial charge < -0.3 is 19.4 Å². The molecule has 3 aliphatic rings. The van der Waals surface area contributed by atoms with Crippen LogP contribution in [-0.4, -0.2) is 28.7 Å². The molecule has 34 heavy (non-hydrogen) atoms. The number of nitrogens with zero attached hydrogens (tertiary/aromatic N) is 2. The van der Waals surface area contributed by atoms with Gasteiger partial charge in [-0.15, -0.1) is 0 Å². The Balaban J connectivity index is 1.46. The lowest BCUT2D eigenvalue weighted by Crippen LogP contribution is -2.21. The van der Waals surface area contributed by atoms with Crippen molar-refractivity contribution in [3.8, 4) is 11.1 Å². The second-order valence-electron chi connectivity index (χ2n) is 9.62. The van der Waals surface area contributed by atoms with Crippen LogP contribution in [0.5, 0.6) is 0 Å². The maximum absolute atomic E-state index is 13.3. The van der Waals surface area contributed by atoms with E-state index < -0.39 is 5.97 Å². The zero-order valence-electron chi connectivity index (χ0n) is 19.4. The van der Waals surface area contributed by atoms with Crippen molar-refractivity contribution in [1.29, 1.82) is 0 Å². The van der Waals surface area contributed by atoms with Gasteiger partial charge in [-0.25, -0.2) is 9.78 Å². The van der Waals surface area contributed by atoms with Crippen LogP contribution in [0.4, 0.5) is 5.82 Å². The summed E-state index contributed by atoms with van der Waals surface area (Å²) in [5.74, 6) is 1.07. The third kappa shape index (κ3) is 3.68. The van der Waals surface area contributed by atoms with Gasteiger partial charge in [-0.3, -0.25) is 4.79 Å². The predicted molar refractivity (Wildman–Crippen MR) is 130 cm³/mol. The molecule has 0 atom stereocenters. The van der Waals surface area contributed by atoms with Gasteiger partial charge in [0.25, 0.3) is 0 Å². The first-order valence-electron chi connectivity index (χ1n) is 12.3. The summed E-state index contributed by atoms with van der Waals surface area (Å²) in [6.45, 7) is 3.83. The van der Waals surface area contributed by atoms with Gasteiger partial charge in [-0.1, -0.05) is 12.5 Å². The van der Waals surface area contributed by atoms with Crippen molar-refractivity contribution in [2.45, 2.75) is 58.3 Å². The van der Waals surface area contributed by atoms with Gasteiger partial charge in [0.2, 0.25) is 5.43 Å². The van der Waals surface area contributed by atoms with E-state index >= 15 is 0 Å². The highest BCUT2D eigenvalue weighted by Crippen LogP contribution is 2.41. The van der Waals surface area contributed by atoms with Crippen molar-refractivity contribution in [3.63, 3.8) is 0 Å². The molecule has 2 aliphatic carbocycles. The first-order valence-corrected chi connectivity index (χ1v) is 12.3. The lowest BCUT2D eigenvalue weighted by molar-refractivity contribution is 0.0524. The van der Waals surface area contributed by atoms with E-state index in [2.05, 4.69) is 16.0 Å². The highest BCUT2D eigenvalue weighted by Gasteiger charge is 2.30. The van der Waals surface area contributed by atoms with Gasteiger partial charge in [0.1, 0.15) is 11.4 Å². The Bertz CT molecular complexity index is 1340. The van der Waals surface area contributed by atoms with Crippen LogP contribution < -0.4 is 10.7 Å². The zero-order chi connectivity index (χ0) is 23.2. The molecular formula is C27H29N3O4. The Morgan fingerprint density at radius 1 is 1.21 bits per heavy atom. The molecule has 176 valence electrons. The summed E-state index contributed by atoms with van der Waals surface area (Å²) >= 11 is 0. The number of nitrogens with one attached hydrogen (secondary N) is 1. The SMILES string of the molecule is CCOC(=O)c1cn(C2CC2)c2c3c(ccc2c1=O)-c1cnc(NCC2CCC2)cc1COC3. The Kier molecular flexibility index (Phi) is 5.37. The summed E-state index contributed by atoms with van der Waals surface area (Å²) in [5.41, 5.74) is 4.81. The number of hydrogen-bond donors (Lipinski definition) is 1. The van der Waals surface area contributed by atoms with Crippen molar-refractivity contribution >= 4 is 22.7 Å². The van der Waals surface area contributed by atoms with Crippen molar-refractivity contribution in [3.05, 3.63) is 57.5 Å². The second kappa shape index (κ2) is 8.55. The molecule has 3 heterocycles. The molecule has 1 aromatic carbocycles. The standard InChI is InChI=1S/C27H29N3O4/c1-2-34-27(32)22-13-30(18-6-7-18)25-20(26(22)31)9-8-19-21-12-29-24(28-11-16-4-3-5-16)10-17(21)14-33-15-23(19)25/h8-10,12-13,16,18H,2-7,11,14-15H2,1H3,(H,28,29). The third-order valence-electron chi connectivity index (χ3n) is 7.31. The molecule has 0 radical (unpaired) electrons. The summed E-state index contributed by atoms with van der Waals surface area (Å²) in [7, 11) is 0. The maximum Gasteiger partial charge on any atom is 0.343 e. The highest BCUT2D eigenvalue weighted by molar-refractivity contribution is 5.96. The highest BCUT2D eigenvalue weighted by atomic mass is 16.5. The number of aromatic nitrogens is 2. The Morgan fingerprint density at radius 3 is 2.79 bits per heavy atom. The largest absolute Gasteiger partial charge is 0.462 e. The first kappa shape index (κ1) is 21.4. The number of benzene rings is 1. The van der Waals surface area contributed by atoms with Crippen molar-refractivity contribution < 1.29 is 14.3 Å². The molecule has 2 saturated carbocycles. The molecule has 6 rings (SSSR count). The third-order valence-corrected chi connectivity index (χ3v) is 7.31. The fraction of sp³-hybridized carbons (Fsp3) is 0.444. The Labute approximate surface area is 198 Å². The maximum atomic E-state index is 13.3.